The summed E-state index contributed by atoms with van der Waals surface area (Å²) in [6.07, 6.45) is 5.38. The third kappa shape index (κ3) is 1.22. The van der Waals surface area contributed by atoms with Crippen LogP contribution in [-0.4, -0.2) is 6.21 Å². The molecule has 0 spiro atoms. The van der Waals surface area contributed by atoms with E-state index in [9.17, 15) is 0 Å². The van der Waals surface area contributed by atoms with Gasteiger partial charge in [-0.1, -0.05) is 30.3 Å². The molecular weight excluding hydrogens is 206 g/mol. The lowest BCUT2D eigenvalue weighted by Crippen LogP contribution is -2.06. The first-order chi connectivity index (χ1) is 8.43. The highest BCUT2D eigenvalue weighted by Gasteiger charge is 2.21. The predicted molar refractivity (Wildman–Crippen MR) is 71.1 cm³/mol. The lowest BCUT2D eigenvalue weighted by Gasteiger charge is -2.22. The molecule has 2 aromatic carbocycles. The first-order valence-electron chi connectivity index (χ1n) is 6.19. The van der Waals surface area contributed by atoms with Gasteiger partial charge >= 0.3 is 0 Å². The minimum atomic E-state index is 1.01. The SMILES string of the molecule is C1=Nc2ccc3c(c2C1)CCc1ccccc1-3. The molecule has 2 aliphatic rings. The fourth-order valence-electron chi connectivity index (χ4n) is 3.06. The molecule has 1 nitrogen and oxygen atoms in total. The summed E-state index contributed by atoms with van der Waals surface area (Å²) in [5.74, 6) is 0. The van der Waals surface area contributed by atoms with E-state index in [0.717, 1.165) is 6.42 Å². The molecule has 0 fully saturated rings. The minimum absolute atomic E-state index is 1.01. The molecule has 4 rings (SSSR count). The van der Waals surface area contributed by atoms with Crippen molar-refractivity contribution < 1.29 is 0 Å². The summed E-state index contributed by atoms with van der Waals surface area (Å²) in [7, 11) is 0. The van der Waals surface area contributed by atoms with Crippen LogP contribution in [0.4, 0.5) is 5.69 Å². The summed E-state index contributed by atoms with van der Waals surface area (Å²) in [4.78, 5) is 4.44. The van der Waals surface area contributed by atoms with Gasteiger partial charge in [0, 0.05) is 12.6 Å². The number of hydrogen-bond donors (Lipinski definition) is 0. The van der Waals surface area contributed by atoms with E-state index in [1.165, 1.54) is 46.3 Å². The van der Waals surface area contributed by atoms with E-state index >= 15 is 0 Å². The molecule has 0 aromatic heterocycles. The summed E-state index contributed by atoms with van der Waals surface area (Å²) < 4.78 is 0. The Bertz CT molecular complexity index is 638. The molecule has 0 atom stereocenters. The van der Waals surface area contributed by atoms with Crippen LogP contribution in [0.5, 0.6) is 0 Å². The van der Waals surface area contributed by atoms with E-state index in [1.54, 1.807) is 0 Å². The molecule has 0 saturated heterocycles. The Morgan fingerprint density at radius 3 is 2.76 bits per heavy atom. The molecule has 0 radical (unpaired) electrons. The zero-order valence-corrected chi connectivity index (χ0v) is 9.61. The Morgan fingerprint density at radius 1 is 0.824 bits per heavy atom. The number of rotatable bonds is 0. The smallest absolute Gasteiger partial charge is 0.0664 e. The molecule has 1 heterocycles. The van der Waals surface area contributed by atoms with E-state index in [0.29, 0.717) is 0 Å². The van der Waals surface area contributed by atoms with Crippen LogP contribution >= 0.6 is 0 Å². The maximum atomic E-state index is 4.44. The fraction of sp³-hybridized carbons (Fsp3) is 0.188. The van der Waals surface area contributed by atoms with E-state index < -0.39 is 0 Å². The van der Waals surface area contributed by atoms with Crippen molar-refractivity contribution in [2.45, 2.75) is 19.3 Å². The minimum Gasteiger partial charge on any atom is -0.261 e. The van der Waals surface area contributed by atoms with Gasteiger partial charge in [-0.2, -0.15) is 0 Å². The fourth-order valence-corrected chi connectivity index (χ4v) is 3.06. The molecule has 2 aromatic rings. The van der Waals surface area contributed by atoms with Crippen molar-refractivity contribution in [3.63, 3.8) is 0 Å². The van der Waals surface area contributed by atoms with Crippen molar-refractivity contribution in [3.05, 3.63) is 53.1 Å². The lowest BCUT2D eigenvalue weighted by molar-refractivity contribution is 0.930. The van der Waals surface area contributed by atoms with Gasteiger partial charge in [-0.3, -0.25) is 4.99 Å². The Kier molecular flexibility index (Phi) is 1.78. The molecule has 82 valence electrons. The summed E-state index contributed by atoms with van der Waals surface area (Å²) in [6.45, 7) is 0. The van der Waals surface area contributed by atoms with Gasteiger partial charge in [0.25, 0.3) is 0 Å². The second-order valence-corrected chi connectivity index (χ2v) is 4.76. The first-order valence-corrected chi connectivity index (χ1v) is 6.19. The highest BCUT2D eigenvalue weighted by atomic mass is 14.7. The summed E-state index contributed by atoms with van der Waals surface area (Å²) in [5.41, 5.74) is 8.50. The number of fused-ring (bicyclic) bond motifs is 5. The topological polar surface area (TPSA) is 12.4 Å². The van der Waals surface area contributed by atoms with Gasteiger partial charge in [0.05, 0.1) is 5.69 Å². The average Bonchev–Trinajstić information content (AvgIpc) is 2.86. The lowest BCUT2D eigenvalue weighted by atomic mass is 9.82. The van der Waals surface area contributed by atoms with Gasteiger partial charge in [0.1, 0.15) is 0 Å². The second-order valence-electron chi connectivity index (χ2n) is 4.76. The molecular formula is C16H13N. The van der Waals surface area contributed by atoms with Crippen LogP contribution < -0.4 is 0 Å². The van der Waals surface area contributed by atoms with E-state index in [-0.39, 0.29) is 0 Å². The van der Waals surface area contributed by atoms with Crippen LogP contribution in [0.15, 0.2) is 41.4 Å². The number of nitrogens with zero attached hydrogens (tertiary/aromatic N) is 1. The normalized spacial score (nSPS) is 15.3. The highest BCUT2D eigenvalue weighted by molar-refractivity contribution is 5.83. The Balaban J connectivity index is 2.01. The van der Waals surface area contributed by atoms with Gasteiger partial charge in [0.2, 0.25) is 0 Å². The van der Waals surface area contributed by atoms with Crippen LogP contribution in [0.2, 0.25) is 0 Å². The number of aliphatic imine (C=N–C) groups is 1. The van der Waals surface area contributed by atoms with E-state index in [4.69, 9.17) is 0 Å². The molecule has 1 aliphatic carbocycles. The summed E-state index contributed by atoms with van der Waals surface area (Å²) >= 11 is 0. The van der Waals surface area contributed by atoms with Gasteiger partial charge < -0.3 is 0 Å². The third-order valence-corrected chi connectivity index (χ3v) is 3.88. The Labute approximate surface area is 101 Å². The van der Waals surface area contributed by atoms with E-state index in [2.05, 4.69) is 41.4 Å². The maximum absolute atomic E-state index is 4.44. The van der Waals surface area contributed by atoms with Gasteiger partial charge in [0.15, 0.2) is 0 Å². The highest BCUT2D eigenvalue weighted by Crippen LogP contribution is 2.39. The van der Waals surface area contributed by atoms with Crippen LogP contribution in [-0.2, 0) is 19.3 Å². The molecule has 1 aliphatic heterocycles. The molecule has 0 bridgehead atoms. The van der Waals surface area contributed by atoms with Crippen LogP contribution in [0, 0.1) is 0 Å². The Hall–Kier alpha value is -1.89. The standard InChI is InChI=1S/C16H13N/c1-2-4-12-11(3-1)5-6-14-13(12)7-8-16-15(14)9-10-17-16/h1-4,7-8,10H,5-6,9H2. The molecule has 17 heavy (non-hydrogen) atoms. The molecule has 1 heteroatoms. The number of hydrogen-bond acceptors (Lipinski definition) is 1. The van der Waals surface area contributed by atoms with Crippen LogP contribution in [0.3, 0.4) is 0 Å². The summed E-state index contributed by atoms with van der Waals surface area (Å²) in [6, 6.07) is 13.2. The van der Waals surface area contributed by atoms with Gasteiger partial charge in [-0.15, -0.1) is 0 Å². The number of aryl methyl sites for hydroxylation is 1. The van der Waals surface area contributed by atoms with E-state index in [1.807, 2.05) is 6.21 Å². The quantitative estimate of drug-likeness (QED) is 0.640. The maximum Gasteiger partial charge on any atom is 0.0664 e. The molecule has 0 saturated carbocycles. The van der Waals surface area contributed by atoms with Crippen molar-refractivity contribution in [1.82, 2.24) is 0 Å². The zero-order chi connectivity index (χ0) is 11.2. The molecule has 0 N–H and O–H groups in total. The van der Waals surface area contributed by atoms with Crippen molar-refractivity contribution in [2.24, 2.45) is 4.99 Å². The Morgan fingerprint density at radius 2 is 1.76 bits per heavy atom. The molecule has 0 amide bonds. The second kappa shape index (κ2) is 3.30. The average molecular weight is 219 g/mol. The van der Waals surface area contributed by atoms with Gasteiger partial charge in [-0.05, 0) is 46.7 Å². The monoisotopic (exact) mass is 219 g/mol. The summed E-state index contributed by atoms with van der Waals surface area (Å²) in [5, 5.41) is 0. The van der Waals surface area contributed by atoms with Crippen molar-refractivity contribution >= 4 is 11.9 Å². The van der Waals surface area contributed by atoms with Crippen molar-refractivity contribution in [3.8, 4) is 11.1 Å². The number of benzene rings is 2. The third-order valence-electron chi connectivity index (χ3n) is 3.88. The van der Waals surface area contributed by atoms with Crippen LogP contribution in [0.25, 0.3) is 11.1 Å². The first kappa shape index (κ1) is 9.17. The van der Waals surface area contributed by atoms with Gasteiger partial charge in [-0.25, -0.2) is 0 Å². The predicted octanol–water partition coefficient (Wildman–Crippen LogP) is 3.71. The van der Waals surface area contributed by atoms with Crippen LogP contribution in [0.1, 0.15) is 16.7 Å². The van der Waals surface area contributed by atoms with Crippen molar-refractivity contribution in [1.29, 1.82) is 0 Å². The largest absolute Gasteiger partial charge is 0.261 e. The van der Waals surface area contributed by atoms with Crippen molar-refractivity contribution in [2.75, 3.05) is 0 Å². The molecule has 0 unspecified atom stereocenters. The zero-order valence-electron chi connectivity index (χ0n) is 9.61.